The Kier molecular flexibility index (Phi) is 5.94. The molecule has 1 aromatic heterocycles. The molecule has 1 aliphatic carbocycles. The zero-order valence-corrected chi connectivity index (χ0v) is 16.9. The number of fused-ring (bicyclic) bond motifs is 1. The van der Waals surface area contributed by atoms with Crippen LogP contribution in [-0.4, -0.2) is 42.2 Å². The lowest BCUT2D eigenvalue weighted by atomic mass is 9.90. The van der Waals surface area contributed by atoms with Crippen molar-refractivity contribution in [3.8, 4) is 0 Å². The maximum atomic E-state index is 12.6. The third-order valence-electron chi connectivity index (χ3n) is 5.79. The summed E-state index contributed by atoms with van der Waals surface area (Å²) in [6, 6.07) is 6.12. The molecule has 7 nitrogen and oxygen atoms in total. The summed E-state index contributed by atoms with van der Waals surface area (Å²) >= 11 is 0. The number of aromatic nitrogens is 2. The SMILES string of the molecule is Cc1nc(N2CCOCC2)[nH]c(=O)c1CCC(=O)Nc1cccc2c1CCCC2. The summed E-state index contributed by atoms with van der Waals surface area (Å²) in [6.07, 6.45) is 5.09. The molecule has 1 aliphatic heterocycles. The number of benzene rings is 1. The molecule has 0 bridgehead atoms. The van der Waals surface area contributed by atoms with Gasteiger partial charge in [0.15, 0.2) is 0 Å². The van der Waals surface area contributed by atoms with Gasteiger partial charge in [-0.2, -0.15) is 0 Å². The number of nitrogens with zero attached hydrogens (tertiary/aromatic N) is 2. The summed E-state index contributed by atoms with van der Waals surface area (Å²) in [5.74, 6) is 0.514. The van der Waals surface area contributed by atoms with E-state index in [0.29, 0.717) is 49.9 Å². The molecule has 2 aromatic rings. The van der Waals surface area contributed by atoms with E-state index in [9.17, 15) is 9.59 Å². The monoisotopic (exact) mass is 396 g/mol. The van der Waals surface area contributed by atoms with Gasteiger partial charge in [0.2, 0.25) is 11.9 Å². The highest BCUT2D eigenvalue weighted by Gasteiger charge is 2.18. The Labute approximate surface area is 170 Å². The highest BCUT2D eigenvalue weighted by atomic mass is 16.5. The molecule has 1 amide bonds. The summed E-state index contributed by atoms with van der Waals surface area (Å²) in [4.78, 5) is 34.6. The number of aromatic amines is 1. The number of aryl methyl sites for hydroxylation is 2. The number of anilines is 2. The van der Waals surface area contributed by atoms with Crippen LogP contribution in [0.2, 0.25) is 0 Å². The van der Waals surface area contributed by atoms with E-state index in [1.54, 1.807) is 0 Å². The maximum absolute atomic E-state index is 12.6. The number of carbonyl (C=O) groups excluding carboxylic acids is 1. The molecule has 0 saturated carbocycles. The third kappa shape index (κ3) is 4.50. The van der Waals surface area contributed by atoms with Gasteiger partial charge in [0.1, 0.15) is 0 Å². The van der Waals surface area contributed by atoms with Crippen LogP contribution in [0.5, 0.6) is 0 Å². The summed E-state index contributed by atoms with van der Waals surface area (Å²) < 4.78 is 5.35. The first-order valence-electron chi connectivity index (χ1n) is 10.4. The molecule has 1 fully saturated rings. The Morgan fingerprint density at radius 2 is 2.03 bits per heavy atom. The van der Waals surface area contributed by atoms with Gasteiger partial charge in [-0.1, -0.05) is 12.1 Å². The van der Waals surface area contributed by atoms with E-state index in [1.165, 1.54) is 17.5 Å². The van der Waals surface area contributed by atoms with Gasteiger partial charge >= 0.3 is 0 Å². The van der Waals surface area contributed by atoms with Crippen molar-refractivity contribution in [3.05, 3.63) is 50.9 Å². The number of carbonyl (C=O) groups is 1. The molecule has 1 aromatic carbocycles. The number of ether oxygens (including phenoxy) is 1. The number of rotatable bonds is 5. The van der Waals surface area contributed by atoms with E-state index in [2.05, 4.69) is 21.4 Å². The van der Waals surface area contributed by atoms with Crippen LogP contribution < -0.4 is 15.8 Å². The van der Waals surface area contributed by atoms with Crippen LogP contribution in [-0.2, 0) is 28.8 Å². The topological polar surface area (TPSA) is 87.3 Å². The lowest BCUT2D eigenvalue weighted by molar-refractivity contribution is -0.116. The smallest absolute Gasteiger partial charge is 0.255 e. The standard InChI is InChI=1S/C22H28N4O3/c1-15-17(21(28)25-22(23-15)26-11-13-29-14-12-26)9-10-20(27)24-19-8-4-6-16-5-2-3-7-18(16)19/h4,6,8H,2-3,5,7,9-14H2,1H3,(H,24,27)(H,23,25,28). The summed E-state index contributed by atoms with van der Waals surface area (Å²) in [7, 11) is 0. The number of hydrogen-bond acceptors (Lipinski definition) is 5. The molecule has 2 aliphatic rings. The van der Waals surface area contributed by atoms with E-state index >= 15 is 0 Å². The fourth-order valence-electron chi connectivity index (χ4n) is 4.16. The molecule has 0 unspecified atom stereocenters. The van der Waals surface area contributed by atoms with Crippen LogP contribution in [0.3, 0.4) is 0 Å². The molecule has 2 N–H and O–H groups in total. The minimum Gasteiger partial charge on any atom is -0.378 e. The van der Waals surface area contributed by atoms with Crippen molar-refractivity contribution in [3.63, 3.8) is 0 Å². The minimum absolute atomic E-state index is 0.0694. The lowest BCUT2D eigenvalue weighted by Crippen LogP contribution is -2.38. The molecule has 2 heterocycles. The Balaban J connectivity index is 1.41. The van der Waals surface area contributed by atoms with Crippen molar-refractivity contribution in [2.45, 2.75) is 45.4 Å². The third-order valence-corrected chi connectivity index (χ3v) is 5.79. The lowest BCUT2D eigenvalue weighted by Gasteiger charge is -2.27. The number of amides is 1. The zero-order chi connectivity index (χ0) is 20.2. The van der Waals surface area contributed by atoms with Gasteiger partial charge in [-0.05, 0) is 56.2 Å². The molecule has 4 rings (SSSR count). The molecule has 7 heteroatoms. The minimum atomic E-state index is -0.163. The van der Waals surface area contributed by atoms with Crippen molar-refractivity contribution >= 4 is 17.5 Å². The molecule has 0 spiro atoms. The Morgan fingerprint density at radius 1 is 1.24 bits per heavy atom. The normalized spacial score (nSPS) is 16.4. The van der Waals surface area contributed by atoms with Crippen LogP contribution in [0.1, 0.15) is 41.6 Å². The predicted octanol–water partition coefficient (Wildman–Crippen LogP) is 2.37. The predicted molar refractivity (Wildman–Crippen MR) is 113 cm³/mol. The van der Waals surface area contributed by atoms with E-state index in [1.807, 2.05) is 24.0 Å². The number of morpholine rings is 1. The van der Waals surface area contributed by atoms with Crippen molar-refractivity contribution in [2.24, 2.45) is 0 Å². The van der Waals surface area contributed by atoms with Crippen LogP contribution in [0, 0.1) is 6.92 Å². The van der Waals surface area contributed by atoms with E-state index in [-0.39, 0.29) is 17.9 Å². The fraction of sp³-hybridized carbons (Fsp3) is 0.500. The molecule has 0 radical (unpaired) electrons. The molecule has 29 heavy (non-hydrogen) atoms. The second-order valence-corrected chi connectivity index (χ2v) is 7.75. The van der Waals surface area contributed by atoms with Crippen molar-refractivity contribution in [1.29, 1.82) is 0 Å². The second-order valence-electron chi connectivity index (χ2n) is 7.75. The van der Waals surface area contributed by atoms with Gasteiger partial charge in [-0.25, -0.2) is 4.98 Å². The molecular formula is C22H28N4O3. The molecule has 1 saturated heterocycles. The van der Waals surface area contributed by atoms with Crippen molar-refractivity contribution < 1.29 is 9.53 Å². The first-order chi connectivity index (χ1) is 14.1. The summed E-state index contributed by atoms with van der Waals surface area (Å²) in [6.45, 7) is 4.53. The molecule has 154 valence electrons. The zero-order valence-electron chi connectivity index (χ0n) is 16.9. The summed E-state index contributed by atoms with van der Waals surface area (Å²) in [5.41, 5.74) is 4.61. The van der Waals surface area contributed by atoms with E-state index in [0.717, 1.165) is 24.9 Å². The Bertz CT molecular complexity index is 948. The van der Waals surface area contributed by atoms with Gasteiger partial charge in [-0.3, -0.25) is 14.6 Å². The number of nitrogens with one attached hydrogen (secondary N) is 2. The van der Waals surface area contributed by atoms with E-state index < -0.39 is 0 Å². The average molecular weight is 396 g/mol. The quantitative estimate of drug-likeness (QED) is 0.810. The van der Waals surface area contributed by atoms with Crippen LogP contribution in [0.25, 0.3) is 0 Å². The first kappa shape index (κ1) is 19.6. The highest BCUT2D eigenvalue weighted by molar-refractivity contribution is 5.91. The largest absolute Gasteiger partial charge is 0.378 e. The van der Waals surface area contributed by atoms with Crippen LogP contribution >= 0.6 is 0 Å². The van der Waals surface area contributed by atoms with E-state index in [4.69, 9.17) is 4.74 Å². The molecular weight excluding hydrogens is 368 g/mol. The highest BCUT2D eigenvalue weighted by Crippen LogP contribution is 2.28. The van der Waals surface area contributed by atoms with Crippen LogP contribution in [0.15, 0.2) is 23.0 Å². The average Bonchev–Trinajstić information content (AvgIpc) is 2.74. The maximum Gasteiger partial charge on any atom is 0.255 e. The van der Waals surface area contributed by atoms with Crippen molar-refractivity contribution in [1.82, 2.24) is 9.97 Å². The van der Waals surface area contributed by atoms with Gasteiger partial charge in [0.05, 0.1) is 13.2 Å². The van der Waals surface area contributed by atoms with Gasteiger partial charge in [0, 0.05) is 36.5 Å². The van der Waals surface area contributed by atoms with Crippen molar-refractivity contribution in [2.75, 3.05) is 36.5 Å². The van der Waals surface area contributed by atoms with Gasteiger partial charge in [-0.15, -0.1) is 0 Å². The fourth-order valence-corrected chi connectivity index (χ4v) is 4.16. The van der Waals surface area contributed by atoms with Gasteiger partial charge in [0.25, 0.3) is 5.56 Å². The number of hydrogen-bond donors (Lipinski definition) is 2. The Morgan fingerprint density at radius 3 is 2.83 bits per heavy atom. The molecule has 0 atom stereocenters. The van der Waals surface area contributed by atoms with Gasteiger partial charge < -0.3 is 15.0 Å². The Hall–Kier alpha value is -2.67. The number of H-pyrrole nitrogens is 1. The van der Waals surface area contributed by atoms with Crippen LogP contribution in [0.4, 0.5) is 11.6 Å². The second kappa shape index (κ2) is 8.78. The first-order valence-corrected chi connectivity index (χ1v) is 10.4. The summed E-state index contributed by atoms with van der Waals surface area (Å²) in [5, 5.41) is 3.05.